The summed E-state index contributed by atoms with van der Waals surface area (Å²) < 4.78 is 45.2. The molecular formula is C18H12F3N5OS. The van der Waals surface area contributed by atoms with Crippen molar-refractivity contribution in [2.45, 2.75) is 22.9 Å². The largest absolute Gasteiger partial charge is 0.467 e. The van der Waals surface area contributed by atoms with Gasteiger partial charge in [-0.3, -0.25) is 4.57 Å². The SMILES string of the molecule is FC(F)(F)c1ccc(Sc2nnc(-c3ccccc3)n2Cc2ccco2)nn1. The molecule has 4 aromatic rings. The lowest BCUT2D eigenvalue weighted by Gasteiger charge is -2.09. The van der Waals surface area contributed by atoms with E-state index in [1.54, 1.807) is 12.3 Å². The molecule has 0 amide bonds. The highest BCUT2D eigenvalue weighted by atomic mass is 32.2. The molecule has 4 rings (SSSR count). The van der Waals surface area contributed by atoms with Gasteiger partial charge >= 0.3 is 6.18 Å². The van der Waals surface area contributed by atoms with E-state index in [4.69, 9.17) is 4.42 Å². The quantitative estimate of drug-likeness (QED) is 0.487. The Morgan fingerprint density at radius 3 is 2.36 bits per heavy atom. The fraction of sp³-hybridized carbons (Fsp3) is 0.111. The fourth-order valence-corrected chi connectivity index (χ4v) is 3.23. The lowest BCUT2D eigenvalue weighted by atomic mass is 10.2. The average molecular weight is 403 g/mol. The maximum absolute atomic E-state index is 12.7. The second-order valence-electron chi connectivity index (χ2n) is 5.69. The van der Waals surface area contributed by atoms with Crippen LogP contribution in [0.5, 0.6) is 0 Å². The van der Waals surface area contributed by atoms with Gasteiger partial charge in [0.05, 0.1) is 12.8 Å². The zero-order chi connectivity index (χ0) is 19.6. The van der Waals surface area contributed by atoms with E-state index in [1.807, 2.05) is 41.0 Å². The predicted molar refractivity (Wildman–Crippen MR) is 94.4 cm³/mol. The molecule has 0 fully saturated rings. The van der Waals surface area contributed by atoms with Gasteiger partial charge in [-0.05, 0) is 36.0 Å². The Bertz CT molecular complexity index is 1050. The molecule has 3 aromatic heterocycles. The standard InChI is InChI=1S/C18H12F3N5OS/c19-18(20,21)14-8-9-15(23-22-14)28-17-25-24-16(12-5-2-1-3-6-12)26(17)11-13-7-4-10-27-13/h1-10H,11H2. The minimum atomic E-state index is -4.53. The van der Waals surface area contributed by atoms with E-state index in [1.165, 1.54) is 6.07 Å². The normalized spacial score (nSPS) is 11.7. The minimum Gasteiger partial charge on any atom is -0.467 e. The molecule has 142 valence electrons. The van der Waals surface area contributed by atoms with E-state index in [0.29, 0.717) is 23.3 Å². The Morgan fingerprint density at radius 2 is 1.71 bits per heavy atom. The smallest absolute Gasteiger partial charge is 0.435 e. The van der Waals surface area contributed by atoms with Gasteiger partial charge in [-0.1, -0.05) is 30.3 Å². The van der Waals surface area contributed by atoms with E-state index in [9.17, 15) is 13.2 Å². The first-order valence-electron chi connectivity index (χ1n) is 8.10. The van der Waals surface area contributed by atoms with Crippen molar-refractivity contribution in [3.63, 3.8) is 0 Å². The van der Waals surface area contributed by atoms with Crippen LogP contribution in [0.1, 0.15) is 11.5 Å². The van der Waals surface area contributed by atoms with E-state index < -0.39 is 11.9 Å². The van der Waals surface area contributed by atoms with Crippen LogP contribution in [0.2, 0.25) is 0 Å². The first-order chi connectivity index (χ1) is 13.5. The molecular weight excluding hydrogens is 391 g/mol. The van der Waals surface area contributed by atoms with Gasteiger partial charge in [-0.15, -0.1) is 20.4 Å². The van der Waals surface area contributed by atoms with Crippen LogP contribution in [0, 0.1) is 0 Å². The van der Waals surface area contributed by atoms with Crippen LogP contribution in [0.15, 0.2) is 75.5 Å². The van der Waals surface area contributed by atoms with Gasteiger partial charge in [-0.25, -0.2) is 0 Å². The minimum absolute atomic E-state index is 0.278. The fourth-order valence-electron chi connectivity index (χ4n) is 2.49. The lowest BCUT2D eigenvalue weighted by Crippen LogP contribution is -2.09. The molecule has 1 aromatic carbocycles. The molecule has 0 spiro atoms. The monoisotopic (exact) mass is 403 g/mol. The zero-order valence-corrected chi connectivity index (χ0v) is 15.0. The van der Waals surface area contributed by atoms with Crippen molar-refractivity contribution in [1.29, 1.82) is 0 Å². The first kappa shape index (κ1) is 18.2. The summed E-state index contributed by atoms with van der Waals surface area (Å²) >= 11 is 1.08. The highest BCUT2D eigenvalue weighted by Crippen LogP contribution is 2.31. The summed E-state index contributed by atoms with van der Waals surface area (Å²) in [7, 11) is 0. The Morgan fingerprint density at radius 1 is 0.893 bits per heavy atom. The Kier molecular flexibility index (Phi) is 4.86. The van der Waals surface area contributed by atoms with E-state index in [-0.39, 0.29) is 5.03 Å². The van der Waals surface area contributed by atoms with Crippen LogP contribution in [-0.2, 0) is 12.7 Å². The number of hydrogen-bond donors (Lipinski definition) is 0. The molecule has 0 bridgehead atoms. The molecule has 0 aliphatic heterocycles. The number of furan rings is 1. The summed E-state index contributed by atoms with van der Waals surface area (Å²) in [5.74, 6) is 1.30. The number of hydrogen-bond acceptors (Lipinski definition) is 6. The van der Waals surface area contributed by atoms with Gasteiger partial charge in [0.2, 0.25) is 0 Å². The second-order valence-corrected chi connectivity index (χ2v) is 6.68. The molecule has 0 saturated carbocycles. The molecule has 28 heavy (non-hydrogen) atoms. The topological polar surface area (TPSA) is 69.6 Å². The molecule has 10 heteroatoms. The highest BCUT2D eigenvalue weighted by Gasteiger charge is 2.33. The zero-order valence-electron chi connectivity index (χ0n) is 14.2. The van der Waals surface area contributed by atoms with Gasteiger partial charge < -0.3 is 4.42 Å². The molecule has 0 radical (unpaired) electrons. The van der Waals surface area contributed by atoms with Crippen LogP contribution in [-0.4, -0.2) is 25.0 Å². The summed E-state index contributed by atoms with van der Waals surface area (Å²) in [6.45, 7) is 0.362. The van der Waals surface area contributed by atoms with Crippen LogP contribution in [0.3, 0.4) is 0 Å². The van der Waals surface area contributed by atoms with Crippen molar-refractivity contribution in [3.05, 3.63) is 72.3 Å². The van der Waals surface area contributed by atoms with Gasteiger partial charge in [-0.2, -0.15) is 13.2 Å². The second kappa shape index (κ2) is 7.47. The number of nitrogens with zero attached hydrogens (tertiary/aromatic N) is 5. The van der Waals surface area contributed by atoms with Crippen LogP contribution in [0.25, 0.3) is 11.4 Å². The van der Waals surface area contributed by atoms with Crippen molar-refractivity contribution >= 4 is 11.8 Å². The first-order valence-corrected chi connectivity index (χ1v) is 8.92. The van der Waals surface area contributed by atoms with Gasteiger partial charge in [0.25, 0.3) is 0 Å². The van der Waals surface area contributed by atoms with E-state index in [2.05, 4.69) is 20.4 Å². The third-order valence-electron chi connectivity index (χ3n) is 3.77. The third-order valence-corrected chi connectivity index (χ3v) is 4.68. The molecule has 6 nitrogen and oxygen atoms in total. The van der Waals surface area contributed by atoms with Crippen LogP contribution >= 0.6 is 11.8 Å². The van der Waals surface area contributed by atoms with Gasteiger partial charge in [0.1, 0.15) is 10.8 Å². The summed E-state index contributed by atoms with van der Waals surface area (Å²) in [5.41, 5.74) is -0.189. The summed E-state index contributed by atoms with van der Waals surface area (Å²) in [6.07, 6.45) is -2.97. The summed E-state index contributed by atoms with van der Waals surface area (Å²) in [5, 5.41) is 16.1. The maximum Gasteiger partial charge on any atom is 0.435 e. The number of benzene rings is 1. The van der Waals surface area contributed by atoms with E-state index >= 15 is 0 Å². The van der Waals surface area contributed by atoms with Crippen LogP contribution < -0.4 is 0 Å². The molecule has 0 aliphatic carbocycles. The number of aromatic nitrogens is 5. The third kappa shape index (κ3) is 3.91. The lowest BCUT2D eigenvalue weighted by molar-refractivity contribution is -0.141. The molecule has 0 saturated heterocycles. The highest BCUT2D eigenvalue weighted by molar-refractivity contribution is 7.99. The van der Waals surface area contributed by atoms with E-state index in [0.717, 1.165) is 23.4 Å². The number of rotatable bonds is 5. The van der Waals surface area contributed by atoms with Gasteiger partial charge in [0, 0.05) is 5.56 Å². The molecule has 0 unspecified atom stereocenters. The van der Waals surface area contributed by atoms with Crippen molar-refractivity contribution in [2.75, 3.05) is 0 Å². The van der Waals surface area contributed by atoms with Gasteiger partial charge in [0.15, 0.2) is 16.7 Å². The Balaban J connectivity index is 1.67. The van der Waals surface area contributed by atoms with Crippen LogP contribution in [0.4, 0.5) is 13.2 Å². The van der Waals surface area contributed by atoms with Crippen molar-refractivity contribution in [2.24, 2.45) is 0 Å². The van der Waals surface area contributed by atoms with Crippen molar-refractivity contribution in [1.82, 2.24) is 25.0 Å². The summed E-state index contributed by atoms with van der Waals surface area (Å²) in [4.78, 5) is 0. The van der Waals surface area contributed by atoms with Crippen molar-refractivity contribution in [3.8, 4) is 11.4 Å². The molecule has 0 aliphatic rings. The maximum atomic E-state index is 12.7. The predicted octanol–water partition coefficient (Wildman–Crippen LogP) is 4.55. The number of halogens is 3. The summed E-state index contributed by atoms with van der Waals surface area (Å²) in [6, 6.07) is 15.2. The Hall–Kier alpha value is -3.14. The molecule has 0 atom stereocenters. The number of alkyl halides is 3. The molecule has 3 heterocycles. The average Bonchev–Trinajstić information content (AvgIpc) is 3.33. The molecule has 0 N–H and O–H groups in total. The van der Waals surface area contributed by atoms with Crippen molar-refractivity contribution < 1.29 is 17.6 Å². The Labute approximate surface area is 161 Å².